The molecule has 136 valence electrons. The molecule has 1 saturated heterocycles. The molecule has 7 heteroatoms. The number of hydrogen-bond acceptors (Lipinski definition) is 6. The van der Waals surface area contributed by atoms with E-state index >= 15 is 0 Å². The van der Waals surface area contributed by atoms with E-state index in [1.807, 2.05) is 6.07 Å². The van der Waals surface area contributed by atoms with Crippen molar-refractivity contribution in [2.24, 2.45) is 0 Å². The Hall–Kier alpha value is -3.06. The smallest absolute Gasteiger partial charge is 0.222 e. The van der Waals surface area contributed by atoms with Gasteiger partial charge in [-0.15, -0.1) is 5.10 Å². The lowest BCUT2D eigenvalue weighted by atomic mass is 10.2. The molecule has 0 radical (unpaired) electrons. The molecule has 1 fully saturated rings. The minimum Gasteiger partial charge on any atom is -0.351 e. The summed E-state index contributed by atoms with van der Waals surface area (Å²) in [5, 5.41) is 12.3. The van der Waals surface area contributed by atoms with Gasteiger partial charge in [-0.2, -0.15) is 4.52 Å². The molecule has 7 nitrogen and oxygen atoms in total. The van der Waals surface area contributed by atoms with E-state index in [1.165, 1.54) is 11.1 Å². The van der Waals surface area contributed by atoms with Gasteiger partial charge in [-0.1, -0.05) is 36.4 Å². The highest BCUT2D eigenvalue weighted by molar-refractivity contribution is 5.82. The second-order valence-corrected chi connectivity index (χ2v) is 7.09. The van der Waals surface area contributed by atoms with Crippen LogP contribution in [0.1, 0.15) is 11.1 Å². The van der Waals surface area contributed by atoms with Crippen LogP contribution in [-0.2, 0) is 6.54 Å². The first-order chi connectivity index (χ1) is 13.3. The number of aromatic nitrogens is 5. The van der Waals surface area contributed by atoms with Crippen molar-refractivity contribution in [3.05, 3.63) is 59.7 Å². The summed E-state index contributed by atoms with van der Waals surface area (Å²) in [6, 6.07) is 16.8. The third-order valence-electron chi connectivity index (χ3n) is 5.18. The van der Waals surface area contributed by atoms with Crippen molar-refractivity contribution >= 4 is 22.5 Å². The zero-order valence-corrected chi connectivity index (χ0v) is 15.3. The highest BCUT2D eigenvalue weighted by atomic mass is 15.5. The van der Waals surface area contributed by atoms with Crippen molar-refractivity contribution in [1.82, 2.24) is 29.9 Å². The lowest BCUT2D eigenvalue weighted by Crippen LogP contribution is -2.46. The van der Waals surface area contributed by atoms with Crippen molar-refractivity contribution in [3.63, 3.8) is 0 Å². The number of benzene rings is 2. The Balaban J connectivity index is 1.41. The number of hydrogen-bond donors (Lipinski definition) is 0. The van der Waals surface area contributed by atoms with Crippen LogP contribution in [0.5, 0.6) is 0 Å². The van der Waals surface area contributed by atoms with Gasteiger partial charge in [0.1, 0.15) is 0 Å². The van der Waals surface area contributed by atoms with Crippen LogP contribution in [0.3, 0.4) is 0 Å². The average Bonchev–Trinajstić information content (AvgIpc) is 3.19. The summed E-state index contributed by atoms with van der Waals surface area (Å²) in [7, 11) is 0. The third kappa shape index (κ3) is 3.00. The van der Waals surface area contributed by atoms with Gasteiger partial charge in [-0.3, -0.25) is 4.90 Å². The normalized spacial score (nSPS) is 15.7. The zero-order chi connectivity index (χ0) is 18.2. The largest absolute Gasteiger partial charge is 0.351 e. The molecule has 1 aliphatic heterocycles. The Morgan fingerprint density at radius 1 is 0.963 bits per heavy atom. The molecule has 2 aromatic heterocycles. The Bertz CT molecular complexity index is 1080. The number of rotatable bonds is 3. The highest BCUT2D eigenvalue weighted by Gasteiger charge is 2.22. The van der Waals surface area contributed by atoms with Gasteiger partial charge in [0.25, 0.3) is 0 Å². The molecule has 4 aromatic rings. The van der Waals surface area contributed by atoms with Crippen LogP contribution < -0.4 is 4.90 Å². The van der Waals surface area contributed by atoms with Crippen LogP contribution >= 0.6 is 0 Å². The maximum Gasteiger partial charge on any atom is 0.222 e. The standard InChI is InChI=1S/C20H21N7/c1-15-7-8-17-18(13-15)27-20(22-23-24-27)19(21-17)26-11-9-25(10-12-26)14-16-5-3-2-4-6-16/h2-8,13H,9-12,14H2,1H3. The van der Waals surface area contributed by atoms with E-state index < -0.39 is 0 Å². The second-order valence-electron chi connectivity index (χ2n) is 7.09. The zero-order valence-electron chi connectivity index (χ0n) is 15.3. The predicted molar refractivity (Wildman–Crippen MR) is 105 cm³/mol. The minimum absolute atomic E-state index is 0.726. The molecule has 0 atom stereocenters. The van der Waals surface area contributed by atoms with E-state index in [4.69, 9.17) is 4.98 Å². The molecular weight excluding hydrogens is 338 g/mol. The summed E-state index contributed by atoms with van der Waals surface area (Å²) in [5.74, 6) is 0.871. The van der Waals surface area contributed by atoms with E-state index in [0.717, 1.165) is 55.2 Å². The molecule has 0 spiro atoms. The maximum absolute atomic E-state index is 4.89. The van der Waals surface area contributed by atoms with E-state index in [0.29, 0.717) is 0 Å². The Kier molecular flexibility index (Phi) is 3.94. The fourth-order valence-corrected chi connectivity index (χ4v) is 3.72. The summed E-state index contributed by atoms with van der Waals surface area (Å²) < 4.78 is 1.81. The maximum atomic E-state index is 4.89. The summed E-state index contributed by atoms with van der Waals surface area (Å²) in [6.45, 7) is 6.88. The number of fused-ring (bicyclic) bond motifs is 3. The minimum atomic E-state index is 0.726. The molecule has 2 aromatic carbocycles. The van der Waals surface area contributed by atoms with Gasteiger partial charge in [0.2, 0.25) is 5.65 Å². The van der Waals surface area contributed by atoms with Crippen molar-refractivity contribution in [1.29, 1.82) is 0 Å². The number of tetrazole rings is 1. The number of aryl methyl sites for hydroxylation is 1. The van der Waals surface area contributed by atoms with Crippen LogP contribution in [0.4, 0.5) is 5.82 Å². The molecule has 0 aliphatic carbocycles. The van der Waals surface area contributed by atoms with Crippen LogP contribution in [0.15, 0.2) is 48.5 Å². The first-order valence-corrected chi connectivity index (χ1v) is 9.28. The fourth-order valence-electron chi connectivity index (χ4n) is 3.72. The molecule has 0 N–H and O–H groups in total. The van der Waals surface area contributed by atoms with Crippen LogP contribution in [0.25, 0.3) is 16.7 Å². The van der Waals surface area contributed by atoms with E-state index in [9.17, 15) is 0 Å². The lowest BCUT2D eigenvalue weighted by molar-refractivity contribution is 0.249. The van der Waals surface area contributed by atoms with Gasteiger partial charge >= 0.3 is 0 Å². The molecule has 0 saturated carbocycles. The number of nitrogens with zero attached hydrogens (tertiary/aromatic N) is 7. The van der Waals surface area contributed by atoms with E-state index in [2.05, 4.69) is 74.7 Å². The average molecular weight is 359 g/mol. The second kappa shape index (κ2) is 6.59. The molecule has 0 unspecified atom stereocenters. The van der Waals surface area contributed by atoms with Gasteiger partial charge in [-0.25, -0.2) is 4.98 Å². The molecule has 5 rings (SSSR count). The molecular formula is C20H21N7. The quantitative estimate of drug-likeness (QED) is 0.559. The van der Waals surface area contributed by atoms with Crippen LogP contribution in [0.2, 0.25) is 0 Å². The van der Waals surface area contributed by atoms with Gasteiger partial charge in [0.15, 0.2) is 5.82 Å². The summed E-state index contributed by atoms with van der Waals surface area (Å²) >= 11 is 0. The lowest BCUT2D eigenvalue weighted by Gasteiger charge is -2.35. The monoisotopic (exact) mass is 359 g/mol. The Morgan fingerprint density at radius 2 is 1.78 bits per heavy atom. The topological polar surface area (TPSA) is 62.5 Å². The first-order valence-electron chi connectivity index (χ1n) is 9.28. The molecule has 3 heterocycles. The number of anilines is 1. The van der Waals surface area contributed by atoms with Crippen LogP contribution in [0, 0.1) is 6.92 Å². The van der Waals surface area contributed by atoms with E-state index in [1.54, 1.807) is 4.52 Å². The Morgan fingerprint density at radius 3 is 2.59 bits per heavy atom. The SMILES string of the molecule is Cc1ccc2nc(N3CCN(Cc4ccccc4)CC3)c3nnnn3c2c1. The predicted octanol–water partition coefficient (Wildman–Crippen LogP) is 2.30. The Labute approximate surface area is 157 Å². The highest BCUT2D eigenvalue weighted by Crippen LogP contribution is 2.24. The molecule has 1 aliphatic rings. The van der Waals surface area contributed by atoms with Gasteiger partial charge in [0, 0.05) is 32.7 Å². The summed E-state index contributed by atoms with van der Waals surface area (Å²) in [6.07, 6.45) is 0. The van der Waals surface area contributed by atoms with Gasteiger partial charge in [0.05, 0.1) is 11.0 Å². The number of piperazine rings is 1. The molecule has 0 amide bonds. The molecule has 27 heavy (non-hydrogen) atoms. The van der Waals surface area contributed by atoms with Gasteiger partial charge < -0.3 is 4.90 Å². The third-order valence-corrected chi connectivity index (χ3v) is 5.18. The van der Waals surface area contributed by atoms with Crippen molar-refractivity contribution in [3.8, 4) is 0 Å². The van der Waals surface area contributed by atoms with Crippen molar-refractivity contribution < 1.29 is 0 Å². The summed E-state index contributed by atoms with van der Waals surface area (Å²) in [4.78, 5) is 9.67. The fraction of sp³-hybridized carbons (Fsp3) is 0.300. The van der Waals surface area contributed by atoms with Crippen molar-refractivity contribution in [2.45, 2.75) is 13.5 Å². The van der Waals surface area contributed by atoms with E-state index in [-0.39, 0.29) is 0 Å². The first kappa shape index (κ1) is 16.1. The summed E-state index contributed by atoms with van der Waals surface area (Å²) in [5.41, 5.74) is 5.12. The van der Waals surface area contributed by atoms with Crippen LogP contribution in [-0.4, -0.2) is 56.1 Å². The molecule has 0 bridgehead atoms. The van der Waals surface area contributed by atoms with Crippen molar-refractivity contribution in [2.75, 3.05) is 31.1 Å². The van der Waals surface area contributed by atoms with Gasteiger partial charge in [-0.05, 0) is 40.6 Å².